The van der Waals surface area contributed by atoms with E-state index in [1.807, 2.05) is 18.2 Å². The van der Waals surface area contributed by atoms with Crippen LogP contribution < -0.4 is 5.32 Å². The summed E-state index contributed by atoms with van der Waals surface area (Å²) in [6.45, 7) is 2.11. The Kier molecular flexibility index (Phi) is 4.07. The summed E-state index contributed by atoms with van der Waals surface area (Å²) in [7, 11) is 0. The van der Waals surface area contributed by atoms with Gasteiger partial charge in [-0.25, -0.2) is 4.79 Å². The van der Waals surface area contributed by atoms with Crippen LogP contribution >= 0.6 is 0 Å². The summed E-state index contributed by atoms with van der Waals surface area (Å²) in [5, 5.41) is 17.0. The predicted molar refractivity (Wildman–Crippen MR) is 83.9 cm³/mol. The number of benzene rings is 1. The maximum absolute atomic E-state index is 12.4. The first-order valence-corrected chi connectivity index (χ1v) is 7.88. The number of nitrogens with zero attached hydrogens (tertiary/aromatic N) is 1. The van der Waals surface area contributed by atoms with E-state index in [-0.39, 0.29) is 12.3 Å². The molecule has 2 aromatic rings. The molecule has 0 aliphatic heterocycles. The molecule has 6 heteroatoms. The van der Waals surface area contributed by atoms with E-state index in [1.165, 1.54) is 0 Å². The molecule has 1 amide bonds. The van der Waals surface area contributed by atoms with Gasteiger partial charge >= 0.3 is 5.97 Å². The number of carboxylic acids is 1. The van der Waals surface area contributed by atoms with Gasteiger partial charge in [-0.3, -0.25) is 4.79 Å². The lowest BCUT2D eigenvalue weighted by Crippen LogP contribution is -2.56. The lowest BCUT2D eigenvalue weighted by molar-refractivity contribution is -0.149. The lowest BCUT2D eigenvalue weighted by Gasteiger charge is -2.36. The van der Waals surface area contributed by atoms with Gasteiger partial charge < -0.3 is 14.9 Å². The summed E-state index contributed by atoms with van der Waals surface area (Å²) in [4.78, 5) is 24.0. The number of aromatic nitrogens is 1. The zero-order chi connectivity index (χ0) is 16.4. The number of carbonyl (C=O) groups is 2. The van der Waals surface area contributed by atoms with Crippen LogP contribution in [-0.4, -0.2) is 27.7 Å². The Morgan fingerprint density at radius 1 is 1.35 bits per heavy atom. The molecule has 0 unspecified atom stereocenters. The van der Waals surface area contributed by atoms with Crippen molar-refractivity contribution in [2.75, 3.05) is 0 Å². The number of rotatable bonds is 4. The summed E-state index contributed by atoms with van der Waals surface area (Å²) in [6.07, 6.45) is 2.56. The fraction of sp³-hybridized carbons (Fsp3) is 0.471. The number of carbonyl (C=O) groups excluding carboxylic acids is 1. The molecule has 3 rings (SSSR count). The molecule has 1 saturated carbocycles. The standard InChI is InChI=1S/C17H20N2O4/c1-11-6-8-17(9-7-11,16(21)22)18-15(20)10-13-12-4-2-3-5-14(12)23-19-13/h2-5,11H,6-10H2,1H3,(H,18,20)(H,21,22). The molecule has 0 spiro atoms. The van der Waals surface area contributed by atoms with Crippen LogP contribution in [0.1, 0.15) is 38.3 Å². The predicted octanol–water partition coefficient (Wildman–Crippen LogP) is 2.52. The molecular weight excluding hydrogens is 296 g/mol. The van der Waals surface area contributed by atoms with Gasteiger partial charge in [-0.05, 0) is 43.7 Å². The normalized spacial score (nSPS) is 24.5. The topological polar surface area (TPSA) is 92.4 Å². The summed E-state index contributed by atoms with van der Waals surface area (Å²) in [5.74, 6) is -0.789. The van der Waals surface area contributed by atoms with E-state index < -0.39 is 11.5 Å². The van der Waals surface area contributed by atoms with E-state index in [0.29, 0.717) is 30.0 Å². The second-order valence-electron chi connectivity index (χ2n) is 6.42. The van der Waals surface area contributed by atoms with Gasteiger partial charge in [0, 0.05) is 5.39 Å². The Morgan fingerprint density at radius 3 is 2.74 bits per heavy atom. The van der Waals surface area contributed by atoms with Crippen molar-refractivity contribution in [3.63, 3.8) is 0 Å². The number of hydrogen-bond acceptors (Lipinski definition) is 4. The Balaban J connectivity index is 1.74. The van der Waals surface area contributed by atoms with Gasteiger partial charge in [-0.1, -0.05) is 24.2 Å². The number of para-hydroxylation sites is 1. The van der Waals surface area contributed by atoms with E-state index in [2.05, 4.69) is 17.4 Å². The molecule has 1 aliphatic carbocycles. The van der Waals surface area contributed by atoms with Gasteiger partial charge in [0.05, 0.1) is 6.42 Å². The first kappa shape index (κ1) is 15.5. The van der Waals surface area contributed by atoms with E-state index in [4.69, 9.17) is 4.52 Å². The molecule has 0 radical (unpaired) electrons. The van der Waals surface area contributed by atoms with Crippen molar-refractivity contribution in [1.29, 1.82) is 0 Å². The molecule has 1 aromatic heterocycles. The van der Waals surface area contributed by atoms with Crippen molar-refractivity contribution in [2.24, 2.45) is 5.92 Å². The van der Waals surface area contributed by atoms with E-state index in [9.17, 15) is 14.7 Å². The SMILES string of the molecule is CC1CCC(NC(=O)Cc2noc3ccccc23)(C(=O)O)CC1. The van der Waals surface area contributed by atoms with E-state index in [1.54, 1.807) is 6.07 Å². The van der Waals surface area contributed by atoms with Crippen molar-refractivity contribution < 1.29 is 19.2 Å². The quantitative estimate of drug-likeness (QED) is 0.904. The number of hydrogen-bond donors (Lipinski definition) is 2. The molecule has 0 atom stereocenters. The summed E-state index contributed by atoms with van der Waals surface area (Å²) in [5.41, 5.74) is 0.000844. The number of aliphatic carboxylic acids is 1. The second kappa shape index (κ2) is 6.02. The van der Waals surface area contributed by atoms with E-state index in [0.717, 1.165) is 18.2 Å². The van der Waals surface area contributed by atoms with Crippen LogP contribution in [-0.2, 0) is 16.0 Å². The van der Waals surface area contributed by atoms with Crippen LogP contribution in [0.4, 0.5) is 0 Å². The molecule has 2 N–H and O–H groups in total. The van der Waals surface area contributed by atoms with Crippen molar-refractivity contribution in [3.05, 3.63) is 30.0 Å². The van der Waals surface area contributed by atoms with Gasteiger partial charge in [-0.2, -0.15) is 0 Å². The number of amides is 1. The van der Waals surface area contributed by atoms with Crippen LogP contribution in [0.25, 0.3) is 11.0 Å². The molecule has 122 valence electrons. The van der Waals surface area contributed by atoms with Gasteiger partial charge in [-0.15, -0.1) is 0 Å². The maximum Gasteiger partial charge on any atom is 0.329 e. The summed E-state index contributed by atoms with van der Waals surface area (Å²) >= 11 is 0. The molecular formula is C17H20N2O4. The van der Waals surface area contributed by atoms with Crippen molar-refractivity contribution in [2.45, 2.75) is 44.6 Å². The highest BCUT2D eigenvalue weighted by atomic mass is 16.5. The Morgan fingerprint density at radius 2 is 2.04 bits per heavy atom. The Hall–Kier alpha value is -2.37. The average molecular weight is 316 g/mol. The highest BCUT2D eigenvalue weighted by Crippen LogP contribution is 2.32. The molecule has 1 fully saturated rings. The minimum absolute atomic E-state index is 0.0155. The second-order valence-corrected chi connectivity index (χ2v) is 6.42. The van der Waals surface area contributed by atoms with Crippen LogP contribution in [0.2, 0.25) is 0 Å². The summed E-state index contributed by atoms with van der Waals surface area (Å²) in [6, 6.07) is 7.30. The zero-order valence-corrected chi connectivity index (χ0v) is 13.0. The first-order chi connectivity index (χ1) is 11.0. The Labute approximate surface area is 133 Å². The smallest absolute Gasteiger partial charge is 0.329 e. The van der Waals surface area contributed by atoms with Crippen LogP contribution in [0.15, 0.2) is 28.8 Å². The van der Waals surface area contributed by atoms with Gasteiger partial charge in [0.15, 0.2) is 5.58 Å². The molecule has 1 heterocycles. The molecule has 0 bridgehead atoms. The van der Waals surface area contributed by atoms with Crippen LogP contribution in [0.5, 0.6) is 0 Å². The molecule has 1 aromatic carbocycles. The minimum Gasteiger partial charge on any atom is -0.480 e. The van der Waals surface area contributed by atoms with Crippen molar-refractivity contribution >= 4 is 22.8 Å². The number of nitrogens with one attached hydrogen (secondary N) is 1. The molecule has 1 aliphatic rings. The third-order valence-corrected chi connectivity index (χ3v) is 4.70. The maximum atomic E-state index is 12.4. The fourth-order valence-electron chi connectivity index (χ4n) is 3.18. The van der Waals surface area contributed by atoms with Gasteiger partial charge in [0.2, 0.25) is 5.91 Å². The zero-order valence-electron chi connectivity index (χ0n) is 13.0. The highest BCUT2D eigenvalue weighted by molar-refractivity contribution is 5.90. The van der Waals surface area contributed by atoms with E-state index >= 15 is 0 Å². The lowest BCUT2D eigenvalue weighted by atomic mass is 9.77. The van der Waals surface area contributed by atoms with Gasteiger partial charge in [0.1, 0.15) is 11.2 Å². The average Bonchev–Trinajstić information content (AvgIpc) is 2.93. The first-order valence-electron chi connectivity index (χ1n) is 7.88. The third-order valence-electron chi connectivity index (χ3n) is 4.70. The van der Waals surface area contributed by atoms with Crippen LogP contribution in [0.3, 0.4) is 0 Å². The van der Waals surface area contributed by atoms with Crippen molar-refractivity contribution in [3.8, 4) is 0 Å². The third kappa shape index (κ3) is 3.06. The minimum atomic E-state index is -1.15. The summed E-state index contributed by atoms with van der Waals surface area (Å²) < 4.78 is 5.18. The molecule has 6 nitrogen and oxygen atoms in total. The van der Waals surface area contributed by atoms with Crippen LogP contribution in [0, 0.1) is 5.92 Å². The largest absolute Gasteiger partial charge is 0.480 e. The molecule has 23 heavy (non-hydrogen) atoms. The number of carboxylic acid groups (broad SMARTS) is 1. The highest BCUT2D eigenvalue weighted by Gasteiger charge is 2.42. The fourth-order valence-corrected chi connectivity index (χ4v) is 3.18. The van der Waals surface area contributed by atoms with Gasteiger partial charge in [0.25, 0.3) is 0 Å². The number of fused-ring (bicyclic) bond motifs is 1. The monoisotopic (exact) mass is 316 g/mol. The van der Waals surface area contributed by atoms with Crippen molar-refractivity contribution in [1.82, 2.24) is 10.5 Å². The molecule has 0 saturated heterocycles. The Bertz CT molecular complexity index is 729.